The lowest BCUT2D eigenvalue weighted by molar-refractivity contribution is -0.168. The molecule has 1 N–H and O–H groups in total. The third kappa shape index (κ3) is 2.60. The summed E-state index contributed by atoms with van der Waals surface area (Å²) in [4.78, 5) is 0. The Bertz CT molecular complexity index is 853. The van der Waals surface area contributed by atoms with Crippen LogP contribution in [0.5, 0.6) is 0 Å². The van der Waals surface area contributed by atoms with Crippen molar-refractivity contribution < 1.29 is 9.84 Å². The molecule has 0 amide bonds. The van der Waals surface area contributed by atoms with Gasteiger partial charge in [0.15, 0.2) is 0 Å². The van der Waals surface area contributed by atoms with E-state index in [4.69, 9.17) is 4.74 Å². The third-order valence-corrected chi connectivity index (χ3v) is 12.0. The fraction of sp³-hybridized carbons (Fsp3) is 0.800. The molecule has 0 unspecified atom stereocenters. The Labute approximate surface area is 196 Å². The molecule has 1 heterocycles. The molecule has 178 valence electrons. The normalized spacial score (nSPS) is 51.8. The van der Waals surface area contributed by atoms with Crippen molar-refractivity contribution in [3.63, 3.8) is 0 Å². The molecule has 1 saturated heterocycles. The van der Waals surface area contributed by atoms with Gasteiger partial charge in [-0.1, -0.05) is 71.1 Å². The molecule has 0 aromatic rings. The fourth-order valence-corrected chi connectivity index (χ4v) is 9.85. The van der Waals surface area contributed by atoms with Crippen LogP contribution in [0.25, 0.3) is 0 Å². The van der Waals surface area contributed by atoms with E-state index in [1.165, 1.54) is 25.7 Å². The van der Waals surface area contributed by atoms with E-state index in [1.54, 1.807) is 0 Å². The quantitative estimate of drug-likeness (QED) is 0.375. The molecule has 2 bridgehead atoms. The standard InChI is InChI=1S/C30H46O2/c1-20(2)9-8-10-21(3)22-13-15-28(7)23-14-16-30-24(11-12-25(31)26(30,4)5)29(23,19-32-30)18-17-27(22,28)6/h8-9,14,16,21-25,31H,1,10-13,15,17-19H2,2-7H3/b9-8+/t21-,22-,23+,24+,25+,27-,28+,29+,30-/m1/s1. The predicted octanol–water partition coefficient (Wildman–Crippen LogP) is 7.10. The molecule has 2 heteroatoms. The number of aliphatic hydroxyl groups excluding tert-OH is 1. The summed E-state index contributed by atoms with van der Waals surface area (Å²) in [5, 5.41) is 10.9. The van der Waals surface area contributed by atoms with Crippen molar-refractivity contribution in [1.82, 2.24) is 0 Å². The maximum absolute atomic E-state index is 10.9. The van der Waals surface area contributed by atoms with Gasteiger partial charge in [-0.15, -0.1) is 0 Å². The maximum atomic E-state index is 10.9. The van der Waals surface area contributed by atoms with Crippen molar-refractivity contribution in [2.45, 2.75) is 98.2 Å². The van der Waals surface area contributed by atoms with Gasteiger partial charge < -0.3 is 9.84 Å². The SMILES string of the molecule is C=C(C)/C=C/C[C@@H](C)[C@H]1CC[C@@]2(C)[C@@H]3C=C[C@@]45OC[C@]3(CC[C@]12C)[C@@H]4CC[C@H](O)C5(C)C. The van der Waals surface area contributed by atoms with E-state index in [-0.39, 0.29) is 22.5 Å². The number of aliphatic hydroxyl groups is 1. The van der Waals surface area contributed by atoms with Gasteiger partial charge in [0, 0.05) is 16.7 Å². The molecule has 2 nitrogen and oxygen atoms in total. The number of allylic oxidation sites excluding steroid dienone is 4. The number of fused-ring (bicyclic) bond motifs is 2. The molecule has 3 saturated carbocycles. The van der Waals surface area contributed by atoms with Crippen LogP contribution in [0.3, 0.4) is 0 Å². The van der Waals surface area contributed by atoms with Crippen molar-refractivity contribution in [1.29, 1.82) is 0 Å². The Morgan fingerprint density at radius 2 is 1.88 bits per heavy atom. The van der Waals surface area contributed by atoms with E-state index in [0.29, 0.717) is 28.6 Å². The van der Waals surface area contributed by atoms with Crippen molar-refractivity contribution in [2.75, 3.05) is 6.61 Å². The monoisotopic (exact) mass is 438 g/mol. The largest absolute Gasteiger partial charge is 0.392 e. The van der Waals surface area contributed by atoms with E-state index in [9.17, 15) is 5.11 Å². The van der Waals surface area contributed by atoms with Crippen molar-refractivity contribution in [3.8, 4) is 0 Å². The molecule has 9 atom stereocenters. The van der Waals surface area contributed by atoms with Crippen LogP contribution in [0.15, 0.2) is 36.5 Å². The molecule has 1 spiro atoms. The van der Waals surface area contributed by atoms with Crippen LogP contribution < -0.4 is 0 Å². The summed E-state index contributed by atoms with van der Waals surface area (Å²) in [6.07, 6.45) is 17.8. The molecule has 32 heavy (non-hydrogen) atoms. The van der Waals surface area contributed by atoms with Crippen LogP contribution in [0.1, 0.15) is 86.5 Å². The molecule has 0 radical (unpaired) electrons. The zero-order valence-electron chi connectivity index (χ0n) is 21.4. The van der Waals surface area contributed by atoms with Crippen molar-refractivity contribution in [2.24, 2.45) is 45.3 Å². The van der Waals surface area contributed by atoms with Crippen molar-refractivity contribution in [3.05, 3.63) is 36.5 Å². The molecule has 4 fully saturated rings. The number of rotatable bonds is 4. The summed E-state index contributed by atoms with van der Waals surface area (Å²) < 4.78 is 6.83. The topological polar surface area (TPSA) is 29.5 Å². The number of hydrogen-bond acceptors (Lipinski definition) is 2. The maximum Gasteiger partial charge on any atom is 0.0972 e. The van der Waals surface area contributed by atoms with Gasteiger partial charge in [-0.05, 0) is 80.5 Å². The Morgan fingerprint density at radius 1 is 1.12 bits per heavy atom. The van der Waals surface area contributed by atoms with E-state index in [0.717, 1.165) is 37.4 Å². The van der Waals surface area contributed by atoms with Gasteiger partial charge in [0.1, 0.15) is 0 Å². The van der Waals surface area contributed by atoms with Crippen LogP contribution in [-0.4, -0.2) is 23.4 Å². The van der Waals surface area contributed by atoms with Crippen molar-refractivity contribution >= 4 is 0 Å². The summed E-state index contributed by atoms with van der Waals surface area (Å²) in [7, 11) is 0. The highest BCUT2D eigenvalue weighted by Crippen LogP contribution is 2.77. The average molecular weight is 439 g/mol. The molecule has 5 rings (SSSR count). The first-order chi connectivity index (χ1) is 14.9. The molecular formula is C30H46O2. The minimum Gasteiger partial charge on any atom is -0.392 e. The number of hydrogen-bond donors (Lipinski definition) is 1. The minimum absolute atomic E-state index is 0.217. The summed E-state index contributed by atoms with van der Waals surface area (Å²) in [5.74, 6) is 2.65. The smallest absolute Gasteiger partial charge is 0.0972 e. The fourth-order valence-electron chi connectivity index (χ4n) is 9.85. The van der Waals surface area contributed by atoms with E-state index >= 15 is 0 Å². The van der Waals surface area contributed by atoms with Gasteiger partial charge in [0.05, 0.1) is 18.3 Å². The highest BCUT2D eigenvalue weighted by Gasteiger charge is 2.75. The zero-order valence-corrected chi connectivity index (χ0v) is 21.4. The molecule has 4 aliphatic carbocycles. The van der Waals surface area contributed by atoms with Gasteiger partial charge in [0.2, 0.25) is 0 Å². The first kappa shape index (κ1) is 22.9. The van der Waals surface area contributed by atoms with Gasteiger partial charge in [-0.2, -0.15) is 0 Å². The van der Waals surface area contributed by atoms with Gasteiger partial charge in [-0.3, -0.25) is 0 Å². The predicted molar refractivity (Wildman–Crippen MR) is 132 cm³/mol. The second-order valence-electron chi connectivity index (χ2n) is 13.5. The van der Waals surface area contributed by atoms with Crippen LogP contribution in [0.4, 0.5) is 0 Å². The lowest BCUT2D eigenvalue weighted by atomic mass is 9.38. The second-order valence-corrected chi connectivity index (χ2v) is 13.5. The third-order valence-electron chi connectivity index (χ3n) is 12.0. The number of ether oxygens (including phenoxy) is 1. The molecular weight excluding hydrogens is 392 g/mol. The van der Waals surface area contributed by atoms with Crippen LogP contribution in [-0.2, 0) is 4.74 Å². The van der Waals surface area contributed by atoms with Crippen LogP contribution in [0.2, 0.25) is 0 Å². The zero-order chi connectivity index (χ0) is 23.2. The summed E-state index contributed by atoms with van der Waals surface area (Å²) in [6.45, 7) is 19.2. The summed E-state index contributed by atoms with van der Waals surface area (Å²) in [5.41, 5.74) is 1.64. The first-order valence-electron chi connectivity index (χ1n) is 13.3. The van der Waals surface area contributed by atoms with Crippen LogP contribution in [0, 0.1) is 45.3 Å². The molecule has 5 aliphatic rings. The molecule has 1 aliphatic heterocycles. The Morgan fingerprint density at radius 3 is 2.59 bits per heavy atom. The molecule has 0 aromatic heterocycles. The van der Waals surface area contributed by atoms with Gasteiger partial charge in [-0.25, -0.2) is 0 Å². The van der Waals surface area contributed by atoms with Gasteiger partial charge in [0.25, 0.3) is 0 Å². The summed E-state index contributed by atoms with van der Waals surface area (Å²) in [6, 6.07) is 0. The first-order valence-corrected chi connectivity index (χ1v) is 13.3. The Kier molecular flexibility index (Phi) is 5.07. The highest BCUT2D eigenvalue weighted by molar-refractivity contribution is 5.33. The average Bonchev–Trinajstić information content (AvgIpc) is 3.11. The Balaban J connectivity index is 1.49. The van der Waals surface area contributed by atoms with E-state index < -0.39 is 0 Å². The summed E-state index contributed by atoms with van der Waals surface area (Å²) >= 11 is 0. The second kappa shape index (κ2) is 7.08. The van der Waals surface area contributed by atoms with E-state index in [2.05, 4.69) is 72.4 Å². The lowest BCUT2D eigenvalue weighted by Gasteiger charge is -2.65. The van der Waals surface area contributed by atoms with Crippen LogP contribution >= 0.6 is 0 Å². The van der Waals surface area contributed by atoms with E-state index in [1.807, 2.05) is 0 Å². The lowest BCUT2D eigenvalue weighted by Crippen LogP contribution is -2.64. The Hall–Kier alpha value is -0.860. The van der Waals surface area contributed by atoms with Gasteiger partial charge >= 0.3 is 0 Å². The minimum atomic E-state index is -0.275. The molecule has 0 aromatic carbocycles. The highest BCUT2D eigenvalue weighted by atomic mass is 16.5.